The second-order valence-electron chi connectivity index (χ2n) is 8.03. The van der Waals surface area contributed by atoms with Crippen molar-refractivity contribution in [1.82, 2.24) is 14.9 Å². The number of rotatable bonds is 4. The molecule has 1 saturated carbocycles. The highest BCUT2D eigenvalue weighted by atomic mass is 32.1. The van der Waals surface area contributed by atoms with Gasteiger partial charge in [-0.1, -0.05) is 31.0 Å². The summed E-state index contributed by atoms with van der Waals surface area (Å²) in [6.07, 6.45) is 5.53. The van der Waals surface area contributed by atoms with Crippen LogP contribution in [0.1, 0.15) is 47.8 Å². The number of pyridine rings is 1. The summed E-state index contributed by atoms with van der Waals surface area (Å²) in [5, 5.41) is 6.00. The molecule has 1 N–H and O–H groups in total. The fraction of sp³-hybridized carbons (Fsp3) is 0.391. The number of ether oxygens (including phenoxy) is 1. The summed E-state index contributed by atoms with van der Waals surface area (Å²) < 4.78 is 6.00. The van der Waals surface area contributed by atoms with Crippen molar-refractivity contribution in [3.63, 3.8) is 0 Å². The first-order valence-corrected chi connectivity index (χ1v) is 11.6. The van der Waals surface area contributed by atoms with Crippen molar-refractivity contribution >= 4 is 39.2 Å². The molecule has 7 nitrogen and oxygen atoms in total. The van der Waals surface area contributed by atoms with Gasteiger partial charge < -0.3 is 9.64 Å². The van der Waals surface area contributed by atoms with E-state index in [-0.39, 0.29) is 23.8 Å². The van der Waals surface area contributed by atoms with E-state index in [1.807, 2.05) is 34.5 Å². The van der Waals surface area contributed by atoms with Crippen LogP contribution in [0, 0.1) is 5.92 Å². The van der Waals surface area contributed by atoms with Gasteiger partial charge >= 0.3 is 0 Å². The summed E-state index contributed by atoms with van der Waals surface area (Å²) in [5.74, 6) is 0.140. The summed E-state index contributed by atoms with van der Waals surface area (Å²) in [4.78, 5) is 36.8. The van der Waals surface area contributed by atoms with Crippen LogP contribution in [0.3, 0.4) is 0 Å². The molecule has 1 atom stereocenters. The number of aromatic nitrogens is 2. The van der Waals surface area contributed by atoms with E-state index < -0.39 is 0 Å². The molecule has 1 aliphatic heterocycles. The second kappa shape index (κ2) is 8.72. The maximum atomic E-state index is 13.0. The molecule has 1 aliphatic carbocycles. The number of hydrogen-bond acceptors (Lipinski definition) is 6. The average molecular weight is 437 g/mol. The molecule has 5 rings (SSSR count). The zero-order valence-electron chi connectivity index (χ0n) is 17.1. The number of nitrogens with one attached hydrogen (secondary N) is 1. The first-order valence-electron chi connectivity index (χ1n) is 10.7. The average Bonchev–Trinajstić information content (AvgIpc) is 3.52. The highest BCUT2D eigenvalue weighted by Crippen LogP contribution is 2.30. The van der Waals surface area contributed by atoms with Crippen molar-refractivity contribution in [2.24, 2.45) is 5.92 Å². The van der Waals surface area contributed by atoms with Crippen LogP contribution >= 0.6 is 11.3 Å². The summed E-state index contributed by atoms with van der Waals surface area (Å²) >= 11 is 1.37. The molecule has 3 heterocycles. The first kappa shape index (κ1) is 20.1. The minimum absolute atomic E-state index is 0.142. The van der Waals surface area contributed by atoms with Gasteiger partial charge in [-0.25, -0.2) is 9.97 Å². The SMILES string of the molecule is O=C(Nc1nccs1)c1cc(C2CN(C(=O)C3CCCC3)CCO2)nc2ccccc12. The number of carbonyl (C=O) groups is 2. The van der Waals surface area contributed by atoms with E-state index in [9.17, 15) is 9.59 Å². The molecule has 2 fully saturated rings. The third kappa shape index (κ3) is 4.18. The van der Waals surface area contributed by atoms with Crippen LogP contribution in [0.15, 0.2) is 41.9 Å². The third-order valence-corrected chi connectivity index (χ3v) is 6.73. The minimum Gasteiger partial charge on any atom is -0.368 e. The molecule has 31 heavy (non-hydrogen) atoms. The standard InChI is InChI=1S/C23H24N4O3S/c28-21(26-23-24-9-12-31-23)17-13-19(25-18-8-4-3-7-16(17)18)20-14-27(10-11-30-20)22(29)15-5-1-2-6-15/h3-4,7-9,12-13,15,20H,1-2,5-6,10-11,14H2,(H,24,26,28). The Morgan fingerprint density at radius 1 is 1.19 bits per heavy atom. The Labute approximate surface area is 184 Å². The molecule has 3 aromatic rings. The highest BCUT2D eigenvalue weighted by molar-refractivity contribution is 7.13. The number of thiazole rings is 1. The van der Waals surface area contributed by atoms with Crippen LogP contribution in [0.25, 0.3) is 10.9 Å². The summed E-state index contributed by atoms with van der Waals surface area (Å²) in [6, 6.07) is 9.37. The smallest absolute Gasteiger partial charge is 0.258 e. The number of para-hydroxylation sites is 1. The van der Waals surface area contributed by atoms with Gasteiger partial charge in [0.15, 0.2) is 5.13 Å². The van der Waals surface area contributed by atoms with Crippen molar-refractivity contribution in [2.75, 3.05) is 25.0 Å². The van der Waals surface area contributed by atoms with Gasteiger partial charge in [-0.2, -0.15) is 0 Å². The van der Waals surface area contributed by atoms with Gasteiger partial charge in [0.1, 0.15) is 6.10 Å². The Hall–Kier alpha value is -2.84. The lowest BCUT2D eigenvalue weighted by molar-refractivity contribution is -0.143. The van der Waals surface area contributed by atoms with Crippen LogP contribution in [0.2, 0.25) is 0 Å². The van der Waals surface area contributed by atoms with E-state index in [2.05, 4.69) is 10.3 Å². The van der Waals surface area contributed by atoms with Gasteiger partial charge in [0.25, 0.3) is 5.91 Å². The summed E-state index contributed by atoms with van der Waals surface area (Å²) in [5.41, 5.74) is 1.93. The summed E-state index contributed by atoms with van der Waals surface area (Å²) in [7, 11) is 0. The minimum atomic E-state index is -0.352. The maximum absolute atomic E-state index is 13.0. The molecule has 2 aromatic heterocycles. The second-order valence-corrected chi connectivity index (χ2v) is 8.92. The van der Waals surface area contributed by atoms with Gasteiger partial charge in [0, 0.05) is 29.4 Å². The van der Waals surface area contributed by atoms with Gasteiger partial charge in [0.2, 0.25) is 5.91 Å². The topological polar surface area (TPSA) is 84.4 Å². The number of fused-ring (bicyclic) bond motifs is 1. The monoisotopic (exact) mass is 436 g/mol. The molecule has 1 saturated heterocycles. The Balaban J connectivity index is 1.44. The lowest BCUT2D eigenvalue weighted by Crippen LogP contribution is -2.44. The van der Waals surface area contributed by atoms with E-state index in [0.29, 0.717) is 36.1 Å². The molecule has 0 spiro atoms. The lowest BCUT2D eigenvalue weighted by Gasteiger charge is -2.34. The van der Waals surface area contributed by atoms with E-state index in [1.54, 1.807) is 12.3 Å². The molecule has 2 aliphatic rings. The van der Waals surface area contributed by atoms with E-state index in [1.165, 1.54) is 11.3 Å². The van der Waals surface area contributed by atoms with Crippen molar-refractivity contribution in [2.45, 2.75) is 31.8 Å². The Morgan fingerprint density at radius 3 is 2.84 bits per heavy atom. The van der Waals surface area contributed by atoms with Crippen molar-refractivity contribution in [1.29, 1.82) is 0 Å². The van der Waals surface area contributed by atoms with Crippen molar-refractivity contribution < 1.29 is 14.3 Å². The van der Waals surface area contributed by atoms with Crippen LogP contribution in [-0.2, 0) is 9.53 Å². The molecule has 8 heteroatoms. The van der Waals surface area contributed by atoms with Crippen molar-refractivity contribution in [3.8, 4) is 0 Å². The van der Waals surface area contributed by atoms with E-state index in [0.717, 1.165) is 36.6 Å². The zero-order valence-corrected chi connectivity index (χ0v) is 17.9. The molecule has 1 aromatic carbocycles. The molecule has 0 radical (unpaired) electrons. The molecule has 2 amide bonds. The number of hydrogen-bond donors (Lipinski definition) is 1. The molecular formula is C23H24N4O3S. The summed E-state index contributed by atoms with van der Waals surface area (Å²) in [6.45, 7) is 1.54. The largest absolute Gasteiger partial charge is 0.368 e. The molecule has 160 valence electrons. The Bertz CT molecular complexity index is 1100. The maximum Gasteiger partial charge on any atom is 0.258 e. The predicted molar refractivity (Wildman–Crippen MR) is 119 cm³/mol. The number of carbonyl (C=O) groups excluding carboxylic acids is 2. The zero-order chi connectivity index (χ0) is 21.2. The fourth-order valence-corrected chi connectivity index (χ4v) is 4.98. The Kier molecular flexibility index (Phi) is 5.65. The van der Waals surface area contributed by atoms with Gasteiger partial charge in [0.05, 0.1) is 29.9 Å². The number of benzene rings is 1. The molecule has 1 unspecified atom stereocenters. The van der Waals surface area contributed by atoms with Crippen LogP contribution < -0.4 is 5.32 Å². The molecule has 0 bridgehead atoms. The number of nitrogens with zero attached hydrogens (tertiary/aromatic N) is 3. The Morgan fingerprint density at radius 2 is 2.03 bits per heavy atom. The quantitative estimate of drug-likeness (QED) is 0.667. The van der Waals surface area contributed by atoms with Crippen LogP contribution in [0.5, 0.6) is 0 Å². The third-order valence-electron chi connectivity index (χ3n) is 6.05. The number of anilines is 1. The fourth-order valence-electron chi connectivity index (χ4n) is 4.46. The van der Waals surface area contributed by atoms with E-state index in [4.69, 9.17) is 9.72 Å². The van der Waals surface area contributed by atoms with E-state index >= 15 is 0 Å². The first-order chi connectivity index (χ1) is 15.2. The number of morpholine rings is 1. The lowest BCUT2D eigenvalue weighted by atomic mass is 10.0. The van der Waals surface area contributed by atoms with Gasteiger partial charge in [-0.15, -0.1) is 11.3 Å². The van der Waals surface area contributed by atoms with Crippen LogP contribution in [0.4, 0.5) is 5.13 Å². The number of amides is 2. The molecular weight excluding hydrogens is 412 g/mol. The van der Waals surface area contributed by atoms with Gasteiger partial charge in [-0.3, -0.25) is 14.9 Å². The predicted octanol–water partition coefficient (Wildman–Crippen LogP) is 4.03. The highest BCUT2D eigenvalue weighted by Gasteiger charge is 2.32. The van der Waals surface area contributed by atoms with Crippen molar-refractivity contribution in [3.05, 3.63) is 53.2 Å². The normalized spacial score (nSPS) is 19.6. The van der Waals surface area contributed by atoms with Gasteiger partial charge in [-0.05, 0) is 25.0 Å². The van der Waals surface area contributed by atoms with Crippen LogP contribution in [-0.4, -0.2) is 46.4 Å².